The van der Waals surface area contributed by atoms with Crippen molar-refractivity contribution in [2.75, 3.05) is 0 Å². The average Bonchev–Trinajstić information content (AvgIpc) is 2.41. The summed E-state index contributed by atoms with van der Waals surface area (Å²) in [5, 5.41) is 14.3. The highest BCUT2D eigenvalue weighted by atomic mass is 16.6. The molecule has 5 heteroatoms. The van der Waals surface area contributed by atoms with Crippen LogP contribution in [0.2, 0.25) is 0 Å². The summed E-state index contributed by atoms with van der Waals surface area (Å²) in [6.45, 7) is 0. The second-order valence-electron chi connectivity index (χ2n) is 3.65. The third-order valence-corrected chi connectivity index (χ3v) is 2.53. The molecule has 0 aliphatic heterocycles. The molecule has 18 heavy (non-hydrogen) atoms. The predicted molar refractivity (Wildman–Crippen MR) is 69.4 cm³/mol. The van der Waals surface area contributed by atoms with Gasteiger partial charge < -0.3 is 5.84 Å². The molecule has 2 aromatic rings. The van der Waals surface area contributed by atoms with Crippen LogP contribution in [0.25, 0.3) is 0 Å². The monoisotopic (exact) mass is 241 g/mol. The van der Waals surface area contributed by atoms with Crippen LogP contribution in [-0.2, 0) is 0 Å². The summed E-state index contributed by atoms with van der Waals surface area (Å²) in [6.07, 6.45) is 0. The average molecular weight is 241 g/mol. The molecular weight excluding hydrogens is 230 g/mol. The summed E-state index contributed by atoms with van der Waals surface area (Å²) in [7, 11) is 0. The molecule has 90 valence electrons. The van der Waals surface area contributed by atoms with Gasteiger partial charge in [-0.05, 0) is 12.1 Å². The molecule has 0 aliphatic carbocycles. The van der Waals surface area contributed by atoms with Gasteiger partial charge in [-0.2, -0.15) is 5.10 Å². The van der Waals surface area contributed by atoms with E-state index in [1.165, 1.54) is 12.1 Å². The largest absolute Gasteiger partial charge is 0.323 e. The second kappa shape index (κ2) is 5.09. The van der Waals surface area contributed by atoms with Gasteiger partial charge in [0, 0.05) is 23.3 Å². The molecule has 0 bridgehead atoms. The van der Waals surface area contributed by atoms with E-state index in [2.05, 4.69) is 5.10 Å². The Kier molecular flexibility index (Phi) is 3.33. The number of non-ortho nitro benzene ring substituents is 1. The SMILES string of the molecule is N/N=C(\c1ccccc1)c1ccc([N+](=O)[O-])cc1. The highest BCUT2D eigenvalue weighted by Crippen LogP contribution is 2.15. The highest BCUT2D eigenvalue weighted by molar-refractivity contribution is 6.12. The molecular formula is C13H11N3O2. The van der Waals surface area contributed by atoms with Crippen molar-refractivity contribution >= 4 is 11.4 Å². The predicted octanol–water partition coefficient (Wildman–Crippen LogP) is 2.31. The maximum atomic E-state index is 10.6. The van der Waals surface area contributed by atoms with Crippen molar-refractivity contribution in [1.82, 2.24) is 0 Å². The first-order valence-electron chi connectivity index (χ1n) is 5.30. The molecule has 0 amide bonds. The zero-order valence-electron chi connectivity index (χ0n) is 9.48. The zero-order valence-corrected chi connectivity index (χ0v) is 9.48. The van der Waals surface area contributed by atoms with E-state index in [4.69, 9.17) is 5.84 Å². The standard InChI is InChI=1S/C13H11N3O2/c14-15-13(10-4-2-1-3-5-10)11-6-8-12(9-7-11)16(17)18/h1-9H,14H2/b15-13+. The van der Waals surface area contributed by atoms with Gasteiger partial charge in [-0.3, -0.25) is 10.1 Å². The third-order valence-electron chi connectivity index (χ3n) is 2.53. The Labute approximate surface area is 104 Å². The van der Waals surface area contributed by atoms with Gasteiger partial charge in [0.1, 0.15) is 0 Å². The number of nitro benzene ring substituents is 1. The fourth-order valence-corrected chi connectivity index (χ4v) is 1.65. The Bertz CT molecular complexity index is 577. The van der Waals surface area contributed by atoms with Crippen molar-refractivity contribution in [1.29, 1.82) is 0 Å². The molecule has 0 fully saturated rings. The fourth-order valence-electron chi connectivity index (χ4n) is 1.65. The number of rotatable bonds is 3. The molecule has 0 unspecified atom stereocenters. The fraction of sp³-hybridized carbons (Fsp3) is 0. The van der Waals surface area contributed by atoms with Crippen LogP contribution in [0.3, 0.4) is 0 Å². The van der Waals surface area contributed by atoms with Crippen molar-refractivity contribution < 1.29 is 4.92 Å². The van der Waals surface area contributed by atoms with Gasteiger partial charge in [-0.15, -0.1) is 0 Å². The van der Waals surface area contributed by atoms with E-state index in [0.29, 0.717) is 5.71 Å². The second-order valence-corrected chi connectivity index (χ2v) is 3.65. The van der Waals surface area contributed by atoms with Gasteiger partial charge in [0.2, 0.25) is 0 Å². The van der Waals surface area contributed by atoms with E-state index < -0.39 is 4.92 Å². The molecule has 2 aromatic carbocycles. The minimum Gasteiger partial charge on any atom is -0.323 e. The van der Waals surface area contributed by atoms with Gasteiger partial charge in [0.05, 0.1) is 10.6 Å². The lowest BCUT2D eigenvalue weighted by molar-refractivity contribution is -0.384. The number of nitrogens with zero attached hydrogens (tertiary/aromatic N) is 2. The maximum absolute atomic E-state index is 10.6. The first kappa shape index (κ1) is 11.8. The van der Waals surface area contributed by atoms with Crippen LogP contribution in [0.5, 0.6) is 0 Å². The summed E-state index contributed by atoms with van der Waals surface area (Å²) in [6, 6.07) is 15.6. The Morgan fingerprint density at radius 2 is 1.56 bits per heavy atom. The zero-order chi connectivity index (χ0) is 13.0. The van der Waals surface area contributed by atoms with Crippen LogP contribution in [0.15, 0.2) is 59.7 Å². The van der Waals surface area contributed by atoms with Crippen LogP contribution in [0.1, 0.15) is 11.1 Å². The molecule has 2 rings (SSSR count). The van der Waals surface area contributed by atoms with Gasteiger partial charge in [0.15, 0.2) is 0 Å². The van der Waals surface area contributed by atoms with E-state index in [0.717, 1.165) is 11.1 Å². The maximum Gasteiger partial charge on any atom is 0.269 e. The number of hydrogen-bond donors (Lipinski definition) is 1. The summed E-state index contributed by atoms with van der Waals surface area (Å²) in [5.74, 6) is 5.39. The smallest absolute Gasteiger partial charge is 0.269 e. The van der Waals surface area contributed by atoms with E-state index in [-0.39, 0.29) is 5.69 Å². The third kappa shape index (κ3) is 2.35. The minimum absolute atomic E-state index is 0.0446. The van der Waals surface area contributed by atoms with Crippen LogP contribution in [-0.4, -0.2) is 10.6 Å². The van der Waals surface area contributed by atoms with Gasteiger partial charge >= 0.3 is 0 Å². The Hall–Kier alpha value is -2.69. The number of hydrazone groups is 1. The van der Waals surface area contributed by atoms with Gasteiger partial charge in [0.25, 0.3) is 5.69 Å². The molecule has 0 spiro atoms. The molecule has 0 atom stereocenters. The number of hydrogen-bond acceptors (Lipinski definition) is 4. The number of nitrogens with two attached hydrogens (primary N) is 1. The first-order chi connectivity index (χ1) is 8.72. The molecule has 0 saturated heterocycles. The van der Waals surface area contributed by atoms with Crippen LogP contribution in [0.4, 0.5) is 5.69 Å². The van der Waals surface area contributed by atoms with Gasteiger partial charge in [-0.1, -0.05) is 30.3 Å². The molecule has 0 saturated carbocycles. The van der Waals surface area contributed by atoms with Crippen molar-refractivity contribution in [3.05, 3.63) is 75.8 Å². The van der Waals surface area contributed by atoms with Gasteiger partial charge in [-0.25, -0.2) is 0 Å². The lowest BCUT2D eigenvalue weighted by atomic mass is 10.0. The molecule has 2 N–H and O–H groups in total. The molecule has 5 nitrogen and oxygen atoms in total. The lowest BCUT2D eigenvalue weighted by Crippen LogP contribution is -2.06. The van der Waals surface area contributed by atoms with Crippen molar-refractivity contribution in [2.24, 2.45) is 10.9 Å². The summed E-state index contributed by atoms with van der Waals surface area (Å²) in [5.41, 5.74) is 2.26. The summed E-state index contributed by atoms with van der Waals surface area (Å²) < 4.78 is 0. The lowest BCUT2D eigenvalue weighted by Gasteiger charge is -2.05. The molecule has 0 aliphatic rings. The molecule has 0 radical (unpaired) electrons. The van der Waals surface area contributed by atoms with Crippen LogP contribution < -0.4 is 5.84 Å². The Morgan fingerprint density at radius 3 is 2.06 bits per heavy atom. The summed E-state index contributed by atoms with van der Waals surface area (Å²) in [4.78, 5) is 10.1. The normalized spacial score (nSPS) is 11.2. The minimum atomic E-state index is -0.439. The van der Waals surface area contributed by atoms with Crippen molar-refractivity contribution in [3.8, 4) is 0 Å². The first-order valence-corrected chi connectivity index (χ1v) is 5.30. The van der Waals surface area contributed by atoms with E-state index in [1.54, 1.807) is 12.1 Å². The Balaban J connectivity index is 2.38. The Morgan fingerprint density at radius 1 is 1.00 bits per heavy atom. The summed E-state index contributed by atoms with van der Waals surface area (Å²) >= 11 is 0. The van der Waals surface area contributed by atoms with Crippen LogP contribution in [0, 0.1) is 10.1 Å². The van der Waals surface area contributed by atoms with Crippen molar-refractivity contribution in [3.63, 3.8) is 0 Å². The van der Waals surface area contributed by atoms with E-state index in [9.17, 15) is 10.1 Å². The van der Waals surface area contributed by atoms with E-state index >= 15 is 0 Å². The molecule has 0 aromatic heterocycles. The van der Waals surface area contributed by atoms with E-state index in [1.807, 2.05) is 30.3 Å². The molecule has 0 heterocycles. The highest BCUT2D eigenvalue weighted by Gasteiger charge is 2.09. The quantitative estimate of drug-likeness (QED) is 0.387. The van der Waals surface area contributed by atoms with Crippen molar-refractivity contribution in [2.45, 2.75) is 0 Å². The number of nitro groups is 1. The van der Waals surface area contributed by atoms with Crippen LogP contribution >= 0.6 is 0 Å². The topological polar surface area (TPSA) is 81.5 Å². The number of benzene rings is 2.